The molecule has 0 bridgehead atoms. The second-order valence-electron chi connectivity index (χ2n) is 7.10. The Hall–Kier alpha value is -2.22. The largest absolute Gasteiger partial charge is 0.298 e. The third kappa shape index (κ3) is 4.08. The second-order valence-corrected chi connectivity index (χ2v) is 9.43. The maximum Gasteiger partial charge on any atom is 0.261 e. The van der Waals surface area contributed by atoms with E-state index in [-0.39, 0.29) is 10.5 Å². The normalized spacial score (nSPS) is 13.2. The fourth-order valence-corrected chi connectivity index (χ4v) is 5.21. The smallest absolute Gasteiger partial charge is 0.261 e. The average Bonchev–Trinajstić information content (AvgIpc) is 2.69. The van der Waals surface area contributed by atoms with Crippen LogP contribution in [-0.4, -0.2) is 28.8 Å². The zero-order valence-corrected chi connectivity index (χ0v) is 18.5. The van der Waals surface area contributed by atoms with Gasteiger partial charge in [-0.2, -0.15) is 4.31 Å². The van der Waals surface area contributed by atoms with Crippen molar-refractivity contribution in [2.24, 2.45) is 7.05 Å². The number of rotatable bonds is 6. The molecule has 1 unspecified atom stereocenters. The molecule has 0 radical (unpaired) electrons. The highest BCUT2D eigenvalue weighted by Gasteiger charge is 2.31. The molecule has 0 fully saturated rings. The first-order chi connectivity index (χ1) is 13.7. The predicted octanol–water partition coefficient (Wildman–Crippen LogP) is 4.06. The molecule has 0 aliphatic carbocycles. The summed E-state index contributed by atoms with van der Waals surface area (Å²) in [4.78, 5) is 17.7. The maximum atomic E-state index is 13.3. The number of benzene rings is 2. The number of fused-ring (bicyclic) bond motifs is 1. The summed E-state index contributed by atoms with van der Waals surface area (Å²) < 4.78 is 29.5. The van der Waals surface area contributed by atoms with Crippen LogP contribution >= 0.6 is 11.6 Å². The second kappa shape index (κ2) is 8.26. The van der Waals surface area contributed by atoms with Gasteiger partial charge in [-0.15, -0.1) is 0 Å². The lowest BCUT2D eigenvalue weighted by atomic mass is 10.2. The zero-order chi connectivity index (χ0) is 21.3. The van der Waals surface area contributed by atoms with Gasteiger partial charge in [-0.25, -0.2) is 13.4 Å². The van der Waals surface area contributed by atoms with Gasteiger partial charge in [0.1, 0.15) is 5.82 Å². The molecule has 29 heavy (non-hydrogen) atoms. The van der Waals surface area contributed by atoms with Gasteiger partial charge in [-0.3, -0.25) is 9.36 Å². The summed E-state index contributed by atoms with van der Waals surface area (Å²) in [5.41, 5.74) is 1.21. The maximum absolute atomic E-state index is 13.3. The van der Waals surface area contributed by atoms with Crippen LogP contribution in [0, 0.1) is 6.92 Å². The van der Waals surface area contributed by atoms with E-state index in [2.05, 4.69) is 4.98 Å². The van der Waals surface area contributed by atoms with Gasteiger partial charge < -0.3 is 0 Å². The lowest BCUT2D eigenvalue weighted by Gasteiger charge is -2.29. The van der Waals surface area contributed by atoms with Crippen molar-refractivity contribution in [2.75, 3.05) is 6.54 Å². The van der Waals surface area contributed by atoms with E-state index in [0.29, 0.717) is 34.7 Å². The third-order valence-electron chi connectivity index (χ3n) is 4.95. The van der Waals surface area contributed by atoms with E-state index >= 15 is 0 Å². The van der Waals surface area contributed by atoms with Crippen LogP contribution in [0.2, 0.25) is 5.02 Å². The Labute approximate surface area is 175 Å². The molecule has 0 amide bonds. The minimum Gasteiger partial charge on any atom is -0.298 e. The Morgan fingerprint density at radius 3 is 2.45 bits per heavy atom. The van der Waals surface area contributed by atoms with Gasteiger partial charge in [0.25, 0.3) is 5.56 Å². The molecular weight excluding hydrogens is 410 g/mol. The SMILES string of the molecule is CCCN(C(C)c1nc2ccc(Cl)cc2c(=O)n1C)S(=O)(=O)c1ccc(C)cc1. The lowest BCUT2D eigenvalue weighted by molar-refractivity contribution is 0.324. The van der Waals surface area contributed by atoms with Gasteiger partial charge in [-0.1, -0.05) is 36.2 Å². The topological polar surface area (TPSA) is 72.3 Å². The first-order valence-corrected chi connectivity index (χ1v) is 11.2. The number of sulfonamides is 1. The zero-order valence-electron chi connectivity index (χ0n) is 16.9. The molecule has 8 heteroatoms. The van der Waals surface area contributed by atoms with Crippen LogP contribution < -0.4 is 5.56 Å². The van der Waals surface area contributed by atoms with Gasteiger partial charge in [0.05, 0.1) is 21.8 Å². The summed E-state index contributed by atoms with van der Waals surface area (Å²) in [5, 5.41) is 0.853. The molecule has 1 atom stereocenters. The summed E-state index contributed by atoms with van der Waals surface area (Å²) in [6.07, 6.45) is 0.632. The molecule has 154 valence electrons. The van der Waals surface area contributed by atoms with Gasteiger partial charge in [0.2, 0.25) is 10.0 Å². The van der Waals surface area contributed by atoms with Gasteiger partial charge >= 0.3 is 0 Å². The molecule has 6 nitrogen and oxygen atoms in total. The molecule has 0 aliphatic heterocycles. The van der Waals surface area contributed by atoms with Crippen LogP contribution in [0.25, 0.3) is 10.9 Å². The Balaban J connectivity index is 2.14. The minimum atomic E-state index is -3.76. The number of hydrogen-bond acceptors (Lipinski definition) is 4. The summed E-state index contributed by atoms with van der Waals surface area (Å²) in [5.74, 6) is 0.383. The summed E-state index contributed by atoms with van der Waals surface area (Å²) >= 11 is 6.01. The van der Waals surface area contributed by atoms with Crippen molar-refractivity contribution >= 4 is 32.5 Å². The highest BCUT2D eigenvalue weighted by atomic mass is 35.5. The fourth-order valence-electron chi connectivity index (χ4n) is 3.35. The molecule has 1 heterocycles. The van der Waals surface area contributed by atoms with Gasteiger partial charge in [0.15, 0.2) is 0 Å². The number of halogens is 1. The molecule has 0 aliphatic rings. The molecule has 3 rings (SSSR count). The van der Waals surface area contributed by atoms with Crippen molar-refractivity contribution in [2.45, 2.75) is 38.1 Å². The van der Waals surface area contributed by atoms with Gasteiger partial charge in [0, 0.05) is 18.6 Å². The quantitative estimate of drug-likeness (QED) is 0.587. The number of nitrogens with zero attached hydrogens (tertiary/aromatic N) is 3. The van der Waals surface area contributed by atoms with Crippen molar-refractivity contribution in [3.63, 3.8) is 0 Å². The highest BCUT2D eigenvalue weighted by molar-refractivity contribution is 7.89. The molecule has 0 saturated heterocycles. The van der Waals surface area contributed by atoms with Crippen LogP contribution in [0.3, 0.4) is 0 Å². The lowest BCUT2D eigenvalue weighted by Crippen LogP contribution is -2.37. The fraction of sp³-hybridized carbons (Fsp3) is 0.333. The van der Waals surface area contributed by atoms with Crippen molar-refractivity contribution in [3.8, 4) is 0 Å². The predicted molar refractivity (Wildman–Crippen MR) is 116 cm³/mol. The van der Waals surface area contributed by atoms with E-state index in [9.17, 15) is 13.2 Å². The Kier molecular flexibility index (Phi) is 6.12. The van der Waals surface area contributed by atoms with E-state index < -0.39 is 16.1 Å². The monoisotopic (exact) mass is 433 g/mol. The summed E-state index contributed by atoms with van der Waals surface area (Å²) in [7, 11) is -2.16. The van der Waals surface area contributed by atoms with Crippen LogP contribution in [0.15, 0.2) is 52.2 Å². The Morgan fingerprint density at radius 2 is 1.83 bits per heavy atom. The third-order valence-corrected chi connectivity index (χ3v) is 7.17. The molecule has 2 aromatic carbocycles. The Bertz CT molecular complexity index is 1200. The molecule has 3 aromatic rings. The standard InChI is InChI=1S/C21H24ClN3O3S/c1-5-12-25(29(27,28)17-9-6-14(2)7-10-17)15(3)20-23-19-11-8-16(22)13-18(19)21(26)24(20)4/h6-11,13,15H,5,12H2,1-4H3. The Morgan fingerprint density at radius 1 is 1.17 bits per heavy atom. The molecular formula is C21H24ClN3O3S. The number of aryl methyl sites for hydroxylation is 1. The van der Waals surface area contributed by atoms with Crippen molar-refractivity contribution in [1.29, 1.82) is 0 Å². The van der Waals surface area contributed by atoms with E-state index in [0.717, 1.165) is 5.56 Å². The average molecular weight is 434 g/mol. The number of aromatic nitrogens is 2. The first kappa shape index (κ1) is 21.5. The molecule has 0 spiro atoms. The first-order valence-electron chi connectivity index (χ1n) is 9.41. The molecule has 1 aromatic heterocycles. The van der Waals surface area contributed by atoms with Crippen LogP contribution in [0.4, 0.5) is 0 Å². The van der Waals surface area contributed by atoms with Crippen LogP contribution in [0.5, 0.6) is 0 Å². The van der Waals surface area contributed by atoms with Crippen LogP contribution in [0.1, 0.15) is 37.7 Å². The van der Waals surface area contributed by atoms with Crippen molar-refractivity contribution in [1.82, 2.24) is 13.9 Å². The van der Waals surface area contributed by atoms with Crippen molar-refractivity contribution in [3.05, 3.63) is 69.2 Å². The van der Waals surface area contributed by atoms with Gasteiger partial charge in [-0.05, 0) is 50.6 Å². The highest BCUT2D eigenvalue weighted by Crippen LogP contribution is 2.27. The number of hydrogen-bond donors (Lipinski definition) is 0. The molecule has 0 saturated carbocycles. The van der Waals surface area contributed by atoms with E-state index in [4.69, 9.17) is 11.6 Å². The summed E-state index contributed by atoms with van der Waals surface area (Å²) in [6.45, 7) is 5.89. The summed E-state index contributed by atoms with van der Waals surface area (Å²) in [6, 6.07) is 11.0. The van der Waals surface area contributed by atoms with E-state index in [1.165, 1.54) is 8.87 Å². The van der Waals surface area contributed by atoms with Crippen molar-refractivity contribution < 1.29 is 8.42 Å². The van der Waals surface area contributed by atoms with E-state index in [1.807, 2.05) is 13.8 Å². The van der Waals surface area contributed by atoms with Crippen LogP contribution in [-0.2, 0) is 17.1 Å². The van der Waals surface area contributed by atoms with E-state index in [1.54, 1.807) is 56.4 Å². The minimum absolute atomic E-state index is 0.223. The molecule has 0 N–H and O–H groups in total.